The average Bonchev–Trinajstić information content (AvgIpc) is 2.52. The highest BCUT2D eigenvalue weighted by atomic mass is 79.9. The van der Waals surface area contributed by atoms with Gasteiger partial charge in [0.2, 0.25) is 0 Å². The van der Waals surface area contributed by atoms with E-state index in [9.17, 15) is 13.2 Å². The minimum absolute atomic E-state index is 0.000613. The second-order valence-corrected chi connectivity index (χ2v) is 7.81. The maximum atomic E-state index is 14.3. The number of allylic oxidation sites excluding steroid dienone is 2. The Morgan fingerprint density at radius 3 is 2.04 bits per heavy atom. The van der Waals surface area contributed by atoms with Crippen LogP contribution in [0.15, 0.2) is 66.2 Å². The number of hydrogen-bond acceptors (Lipinski definition) is 0. The van der Waals surface area contributed by atoms with Crippen molar-refractivity contribution in [1.82, 2.24) is 0 Å². The van der Waals surface area contributed by atoms with Crippen molar-refractivity contribution in [2.24, 2.45) is 0 Å². The van der Waals surface area contributed by atoms with Crippen molar-refractivity contribution in [1.29, 1.82) is 0 Å². The molecule has 6 heteroatoms. The standard InChI is InChI=1S/C20H16BrCl2F3/c1-3-8-19(20(24,25)26,15-9-17(22)11-18(23)10-15)12-13(2)14-4-6-16(21)7-5-14/h3-7,9-11H,1-2,8,12H2. The summed E-state index contributed by atoms with van der Waals surface area (Å²) >= 11 is 15.3. The van der Waals surface area contributed by atoms with Gasteiger partial charge in [-0.15, -0.1) is 6.58 Å². The van der Waals surface area contributed by atoms with Crippen LogP contribution in [0.4, 0.5) is 13.2 Å². The first-order valence-corrected chi connectivity index (χ1v) is 9.22. The van der Waals surface area contributed by atoms with Crippen LogP contribution in [0.1, 0.15) is 24.0 Å². The Hall–Kier alpha value is -1.23. The highest BCUT2D eigenvalue weighted by Gasteiger charge is 2.55. The molecule has 0 aliphatic carbocycles. The van der Waals surface area contributed by atoms with E-state index in [0.717, 1.165) is 4.47 Å². The monoisotopic (exact) mass is 462 g/mol. The van der Waals surface area contributed by atoms with E-state index in [1.807, 2.05) is 0 Å². The van der Waals surface area contributed by atoms with Crippen molar-refractivity contribution in [3.63, 3.8) is 0 Å². The van der Waals surface area contributed by atoms with Crippen molar-refractivity contribution >= 4 is 44.7 Å². The van der Waals surface area contributed by atoms with Crippen molar-refractivity contribution in [2.75, 3.05) is 0 Å². The smallest absolute Gasteiger partial charge is 0.170 e. The van der Waals surface area contributed by atoms with Crippen LogP contribution in [0.3, 0.4) is 0 Å². The second kappa shape index (κ2) is 8.20. The molecule has 26 heavy (non-hydrogen) atoms. The largest absolute Gasteiger partial charge is 0.399 e. The maximum Gasteiger partial charge on any atom is 0.399 e. The fraction of sp³-hybridized carbons (Fsp3) is 0.200. The molecule has 0 saturated carbocycles. The van der Waals surface area contributed by atoms with E-state index in [1.54, 1.807) is 24.3 Å². The first kappa shape index (κ1) is 21.1. The summed E-state index contributed by atoms with van der Waals surface area (Å²) in [5.74, 6) is 0. The van der Waals surface area contributed by atoms with Gasteiger partial charge in [0.1, 0.15) is 0 Å². The van der Waals surface area contributed by atoms with Gasteiger partial charge in [-0.25, -0.2) is 0 Å². The molecule has 2 aromatic carbocycles. The maximum absolute atomic E-state index is 14.3. The highest BCUT2D eigenvalue weighted by molar-refractivity contribution is 9.10. The second-order valence-electron chi connectivity index (χ2n) is 6.02. The van der Waals surface area contributed by atoms with Crippen LogP contribution in [0, 0.1) is 0 Å². The summed E-state index contributed by atoms with van der Waals surface area (Å²) in [4.78, 5) is 0. The molecule has 0 spiro atoms. The third-order valence-electron chi connectivity index (χ3n) is 4.22. The van der Waals surface area contributed by atoms with Gasteiger partial charge in [0.15, 0.2) is 0 Å². The Kier molecular flexibility index (Phi) is 6.65. The molecule has 138 valence electrons. The van der Waals surface area contributed by atoms with Crippen LogP contribution in [0.5, 0.6) is 0 Å². The summed E-state index contributed by atoms with van der Waals surface area (Å²) in [6, 6.07) is 11.0. The van der Waals surface area contributed by atoms with E-state index in [2.05, 4.69) is 29.1 Å². The van der Waals surface area contributed by atoms with Gasteiger partial charge in [-0.1, -0.05) is 63.9 Å². The van der Waals surface area contributed by atoms with Crippen molar-refractivity contribution in [2.45, 2.75) is 24.4 Å². The molecule has 0 bridgehead atoms. The van der Waals surface area contributed by atoms with E-state index in [1.165, 1.54) is 24.3 Å². The van der Waals surface area contributed by atoms with Gasteiger partial charge in [-0.3, -0.25) is 0 Å². The molecule has 0 aromatic heterocycles. The lowest BCUT2D eigenvalue weighted by Crippen LogP contribution is -2.42. The Balaban J connectivity index is 2.57. The van der Waals surface area contributed by atoms with Gasteiger partial charge in [0.05, 0.1) is 5.41 Å². The van der Waals surface area contributed by atoms with Gasteiger partial charge in [-0.2, -0.15) is 13.2 Å². The Morgan fingerprint density at radius 2 is 1.58 bits per heavy atom. The van der Waals surface area contributed by atoms with Crippen LogP contribution >= 0.6 is 39.1 Å². The van der Waals surface area contributed by atoms with Crippen molar-refractivity contribution in [3.8, 4) is 0 Å². The summed E-state index contributed by atoms with van der Waals surface area (Å²) in [7, 11) is 0. The lowest BCUT2D eigenvalue weighted by molar-refractivity contribution is -0.188. The van der Waals surface area contributed by atoms with Gasteiger partial charge in [-0.05, 0) is 59.9 Å². The summed E-state index contributed by atoms with van der Waals surface area (Å²) in [6.07, 6.45) is -3.94. The summed E-state index contributed by atoms with van der Waals surface area (Å²) in [5.41, 5.74) is -1.21. The molecule has 0 heterocycles. The third kappa shape index (κ3) is 4.54. The summed E-state index contributed by atoms with van der Waals surface area (Å²) in [6.45, 7) is 7.41. The van der Waals surface area contributed by atoms with Crippen LogP contribution < -0.4 is 0 Å². The van der Waals surface area contributed by atoms with Crippen LogP contribution in [0.2, 0.25) is 10.0 Å². The molecular formula is C20H16BrCl2F3. The van der Waals surface area contributed by atoms with Crippen LogP contribution in [0.25, 0.3) is 5.57 Å². The molecule has 2 aromatic rings. The summed E-state index contributed by atoms with van der Waals surface area (Å²) in [5, 5.41) is 0.305. The van der Waals surface area contributed by atoms with E-state index >= 15 is 0 Å². The SMILES string of the molecule is C=CCC(CC(=C)c1ccc(Br)cc1)(c1cc(Cl)cc(Cl)c1)C(F)(F)F. The Bertz CT molecular complexity index is 793. The minimum Gasteiger partial charge on any atom is -0.170 e. The van der Waals surface area contributed by atoms with Crippen LogP contribution in [-0.4, -0.2) is 6.18 Å². The third-order valence-corrected chi connectivity index (χ3v) is 5.18. The lowest BCUT2D eigenvalue weighted by atomic mass is 9.71. The van der Waals surface area contributed by atoms with Crippen molar-refractivity contribution < 1.29 is 13.2 Å². The molecule has 0 aliphatic rings. The molecule has 0 N–H and O–H groups in total. The first-order valence-electron chi connectivity index (χ1n) is 7.67. The van der Waals surface area contributed by atoms with Crippen LogP contribution in [-0.2, 0) is 5.41 Å². The topological polar surface area (TPSA) is 0 Å². The number of benzene rings is 2. The van der Waals surface area contributed by atoms with Gasteiger partial charge in [0.25, 0.3) is 0 Å². The number of hydrogen-bond donors (Lipinski definition) is 0. The normalized spacial score (nSPS) is 13.9. The number of rotatable bonds is 6. The molecule has 0 aliphatic heterocycles. The lowest BCUT2D eigenvalue weighted by Gasteiger charge is -2.36. The quantitative estimate of drug-likeness (QED) is 0.378. The summed E-state index contributed by atoms with van der Waals surface area (Å²) < 4.78 is 43.6. The molecule has 0 nitrogen and oxygen atoms in total. The Labute approximate surface area is 169 Å². The average molecular weight is 464 g/mol. The molecule has 1 atom stereocenters. The van der Waals surface area contributed by atoms with E-state index < -0.39 is 11.6 Å². The molecule has 0 fully saturated rings. The highest BCUT2D eigenvalue weighted by Crippen LogP contribution is 2.50. The first-order chi connectivity index (χ1) is 12.1. The number of halogens is 6. The van der Waals surface area contributed by atoms with E-state index in [0.29, 0.717) is 11.1 Å². The Morgan fingerprint density at radius 1 is 1.04 bits per heavy atom. The molecule has 0 radical (unpaired) electrons. The molecule has 1 unspecified atom stereocenters. The molecular weight excluding hydrogens is 448 g/mol. The predicted molar refractivity (Wildman–Crippen MR) is 107 cm³/mol. The van der Waals surface area contributed by atoms with Crippen molar-refractivity contribution in [3.05, 3.63) is 87.3 Å². The minimum atomic E-state index is -4.55. The molecule has 2 rings (SSSR count). The zero-order valence-electron chi connectivity index (χ0n) is 13.7. The fourth-order valence-electron chi connectivity index (χ4n) is 2.90. The van der Waals surface area contributed by atoms with Gasteiger partial charge < -0.3 is 0 Å². The van der Waals surface area contributed by atoms with Gasteiger partial charge in [0, 0.05) is 14.5 Å². The van der Waals surface area contributed by atoms with Gasteiger partial charge >= 0.3 is 6.18 Å². The fourth-order valence-corrected chi connectivity index (χ4v) is 3.69. The van der Waals surface area contributed by atoms with E-state index in [4.69, 9.17) is 23.2 Å². The molecule has 0 amide bonds. The zero-order chi connectivity index (χ0) is 19.5. The van der Waals surface area contributed by atoms with E-state index in [-0.39, 0.29) is 28.5 Å². The number of alkyl halides is 3. The molecule has 0 saturated heterocycles. The predicted octanol–water partition coefficient (Wildman–Crippen LogP) is 8.24. The zero-order valence-corrected chi connectivity index (χ0v) is 16.8.